The molecule has 0 amide bonds. The predicted molar refractivity (Wildman–Crippen MR) is 83.9 cm³/mol. The summed E-state index contributed by atoms with van der Waals surface area (Å²) in [6.07, 6.45) is 6.11. The predicted octanol–water partition coefficient (Wildman–Crippen LogP) is 2.51. The molecule has 4 nitrogen and oxygen atoms in total. The molecule has 0 aromatic heterocycles. The van der Waals surface area contributed by atoms with Crippen molar-refractivity contribution in [1.82, 2.24) is 4.90 Å². The molecule has 4 heteroatoms. The van der Waals surface area contributed by atoms with Crippen LogP contribution >= 0.6 is 0 Å². The zero-order valence-electron chi connectivity index (χ0n) is 13.1. The molecule has 1 aliphatic carbocycles. The zero-order chi connectivity index (χ0) is 14.9. The highest BCUT2D eigenvalue weighted by atomic mass is 16.5. The van der Waals surface area contributed by atoms with Crippen molar-refractivity contribution in [2.75, 3.05) is 27.2 Å². The number of likely N-dealkylation sites (tertiary alicyclic amines) is 1. The van der Waals surface area contributed by atoms with E-state index < -0.39 is 0 Å². The maximum absolute atomic E-state index is 6.64. The molecule has 0 radical (unpaired) electrons. The number of hydrogen-bond donors (Lipinski definition) is 1. The topological polar surface area (TPSA) is 47.7 Å². The third kappa shape index (κ3) is 3.01. The quantitative estimate of drug-likeness (QED) is 0.925. The molecule has 1 aliphatic heterocycles. The van der Waals surface area contributed by atoms with Gasteiger partial charge in [-0.1, -0.05) is 25.3 Å². The van der Waals surface area contributed by atoms with Crippen LogP contribution in [0.3, 0.4) is 0 Å². The van der Waals surface area contributed by atoms with Gasteiger partial charge in [-0.25, -0.2) is 0 Å². The fraction of sp³-hybridized carbons (Fsp3) is 0.647. The van der Waals surface area contributed by atoms with Crippen molar-refractivity contribution in [3.05, 3.63) is 23.8 Å². The van der Waals surface area contributed by atoms with Crippen molar-refractivity contribution in [3.8, 4) is 11.5 Å². The Balaban J connectivity index is 1.82. The highest BCUT2D eigenvalue weighted by Crippen LogP contribution is 2.39. The first-order valence-corrected chi connectivity index (χ1v) is 7.93. The first-order chi connectivity index (χ1) is 10.1. The van der Waals surface area contributed by atoms with Crippen LogP contribution in [0.1, 0.15) is 37.7 Å². The minimum atomic E-state index is -0.195. The lowest BCUT2D eigenvalue weighted by Gasteiger charge is -2.37. The summed E-state index contributed by atoms with van der Waals surface area (Å²) in [5.74, 6) is 1.64. The lowest BCUT2D eigenvalue weighted by molar-refractivity contribution is 0.0368. The molecule has 1 saturated carbocycles. The van der Waals surface area contributed by atoms with Crippen LogP contribution in [-0.2, 0) is 5.54 Å². The van der Waals surface area contributed by atoms with E-state index in [-0.39, 0.29) is 11.6 Å². The SMILES string of the molecule is COc1ccc(C2(N)CCCCC2)cc1OC1CN(C)C1. The van der Waals surface area contributed by atoms with E-state index in [1.165, 1.54) is 24.8 Å². The van der Waals surface area contributed by atoms with Crippen LogP contribution in [0.15, 0.2) is 18.2 Å². The van der Waals surface area contributed by atoms with Crippen LogP contribution in [0.25, 0.3) is 0 Å². The van der Waals surface area contributed by atoms with Crippen LogP contribution < -0.4 is 15.2 Å². The molecule has 1 aromatic rings. The highest BCUT2D eigenvalue weighted by molar-refractivity contribution is 5.45. The van der Waals surface area contributed by atoms with Gasteiger partial charge in [0, 0.05) is 18.6 Å². The normalized spacial score (nSPS) is 22.6. The number of hydrogen-bond acceptors (Lipinski definition) is 4. The van der Waals surface area contributed by atoms with Gasteiger partial charge in [0.1, 0.15) is 6.10 Å². The average molecular weight is 290 g/mol. The molecule has 1 saturated heterocycles. The van der Waals surface area contributed by atoms with E-state index in [1.54, 1.807) is 7.11 Å². The Morgan fingerprint density at radius 1 is 1.14 bits per heavy atom. The Bertz CT molecular complexity index is 492. The summed E-state index contributed by atoms with van der Waals surface area (Å²) in [4.78, 5) is 2.24. The van der Waals surface area contributed by atoms with Gasteiger partial charge in [0.15, 0.2) is 11.5 Å². The maximum Gasteiger partial charge on any atom is 0.162 e. The number of ether oxygens (including phenoxy) is 2. The summed E-state index contributed by atoms with van der Waals surface area (Å²) < 4.78 is 11.5. The van der Waals surface area contributed by atoms with Gasteiger partial charge < -0.3 is 15.2 Å². The molecule has 116 valence electrons. The summed E-state index contributed by atoms with van der Waals surface area (Å²) in [7, 11) is 3.79. The van der Waals surface area contributed by atoms with Gasteiger partial charge in [-0.2, -0.15) is 0 Å². The summed E-state index contributed by atoms with van der Waals surface area (Å²) >= 11 is 0. The summed E-state index contributed by atoms with van der Waals surface area (Å²) in [6.45, 7) is 1.95. The van der Waals surface area contributed by atoms with E-state index in [1.807, 2.05) is 6.07 Å². The van der Waals surface area contributed by atoms with Crippen molar-refractivity contribution in [1.29, 1.82) is 0 Å². The first kappa shape index (κ1) is 14.7. The third-order valence-corrected chi connectivity index (χ3v) is 4.81. The van der Waals surface area contributed by atoms with Crippen molar-refractivity contribution >= 4 is 0 Å². The van der Waals surface area contributed by atoms with Gasteiger partial charge in [0.25, 0.3) is 0 Å². The molecule has 0 bridgehead atoms. The van der Waals surface area contributed by atoms with Crippen molar-refractivity contribution in [2.45, 2.75) is 43.7 Å². The Labute approximate surface area is 127 Å². The Morgan fingerprint density at radius 2 is 1.86 bits per heavy atom. The van der Waals surface area contributed by atoms with Crippen molar-refractivity contribution in [3.63, 3.8) is 0 Å². The third-order valence-electron chi connectivity index (χ3n) is 4.81. The highest BCUT2D eigenvalue weighted by Gasteiger charge is 2.31. The minimum absolute atomic E-state index is 0.195. The maximum atomic E-state index is 6.64. The fourth-order valence-electron chi connectivity index (χ4n) is 3.45. The molecule has 0 spiro atoms. The van der Waals surface area contributed by atoms with Crippen LogP contribution in [0.2, 0.25) is 0 Å². The molecule has 0 unspecified atom stereocenters. The lowest BCUT2D eigenvalue weighted by Crippen LogP contribution is -2.51. The summed E-state index contributed by atoms with van der Waals surface area (Å²) in [6, 6.07) is 6.20. The van der Waals surface area contributed by atoms with Gasteiger partial charge >= 0.3 is 0 Å². The van der Waals surface area contributed by atoms with Crippen LogP contribution in [0.5, 0.6) is 11.5 Å². The standard InChI is InChI=1S/C17H26N2O2/c1-19-11-14(12-19)21-16-10-13(6-7-15(16)20-2)17(18)8-4-3-5-9-17/h6-7,10,14H,3-5,8-9,11-12,18H2,1-2H3. The smallest absolute Gasteiger partial charge is 0.162 e. The molecule has 2 fully saturated rings. The van der Waals surface area contributed by atoms with E-state index in [4.69, 9.17) is 15.2 Å². The molecule has 1 aromatic carbocycles. The van der Waals surface area contributed by atoms with Crippen molar-refractivity contribution < 1.29 is 9.47 Å². The van der Waals surface area contributed by atoms with Gasteiger partial charge in [-0.3, -0.25) is 4.90 Å². The molecule has 3 rings (SSSR count). The summed E-state index contributed by atoms with van der Waals surface area (Å²) in [5.41, 5.74) is 7.63. The number of rotatable bonds is 4. The van der Waals surface area contributed by atoms with Crippen molar-refractivity contribution in [2.24, 2.45) is 5.73 Å². The van der Waals surface area contributed by atoms with Crippen LogP contribution in [0, 0.1) is 0 Å². The largest absolute Gasteiger partial charge is 0.493 e. The second kappa shape index (κ2) is 5.85. The molecule has 2 N–H and O–H groups in total. The van der Waals surface area contributed by atoms with E-state index in [9.17, 15) is 0 Å². The molecule has 21 heavy (non-hydrogen) atoms. The Hall–Kier alpha value is -1.26. The van der Waals surface area contributed by atoms with E-state index >= 15 is 0 Å². The molecular weight excluding hydrogens is 264 g/mol. The number of nitrogens with two attached hydrogens (primary N) is 1. The number of benzene rings is 1. The van der Waals surface area contributed by atoms with Gasteiger partial charge in [-0.05, 0) is 37.6 Å². The number of nitrogens with zero attached hydrogens (tertiary/aromatic N) is 1. The molecule has 0 atom stereocenters. The van der Waals surface area contributed by atoms with E-state index in [0.29, 0.717) is 0 Å². The minimum Gasteiger partial charge on any atom is -0.493 e. The van der Waals surface area contributed by atoms with E-state index in [2.05, 4.69) is 24.1 Å². The second-order valence-electron chi connectivity index (χ2n) is 6.54. The average Bonchev–Trinajstić information content (AvgIpc) is 2.46. The molecular formula is C17H26N2O2. The number of likely N-dealkylation sites (N-methyl/N-ethyl adjacent to an activating group) is 1. The van der Waals surface area contributed by atoms with Crippen LogP contribution in [0.4, 0.5) is 0 Å². The second-order valence-corrected chi connectivity index (χ2v) is 6.54. The van der Waals surface area contributed by atoms with Gasteiger partial charge in [0.05, 0.1) is 7.11 Å². The summed E-state index contributed by atoms with van der Waals surface area (Å²) in [5, 5.41) is 0. The lowest BCUT2D eigenvalue weighted by atomic mass is 9.77. The molecule has 1 heterocycles. The van der Waals surface area contributed by atoms with Gasteiger partial charge in [0.2, 0.25) is 0 Å². The number of methoxy groups -OCH3 is 1. The monoisotopic (exact) mass is 290 g/mol. The van der Waals surface area contributed by atoms with E-state index in [0.717, 1.165) is 37.4 Å². The van der Waals surface area contributed by atoms with Crippen LogP contribution in [-0.4, -0.2) is 38.3 Å². The Kier molecular flexibility index (Phi) is 4.09. The Morgan fingerprint density at radius 3 is 2.48 bits per heavy atom. The molecule has 2 aliphatic rings. The zero-order valence-corrected chi connectivity index (χ0v) is 13.1. The van der Waals surface area contributed by atoms with Gasteiger partial charge in [-0.15, -0.1) is 0 Å². The first-order valence-electron chi connectivity index (χ1n) is 7.93. The fourth-order valence-corrected chi connectivity index (χ4v) is 3.45.